The molecule has 18 nitrogen and oxygen atoms in total. The molecule has 1 N–H and O–H groups in total. The Balaban J connectivity index is 0.628. The molecule has 6 aromatic rings. The molecule has 0 bridgehead atoms. The highest BCUT2D eigenvalue weighted by atomic mass is 32.1. The first kappa shape index (κ1) is 59.5. The van der Waals surface area contributed by atoms with Crippen LogP contribution in [0.3, 0.4) is 0 Å². The summed E-state index contributed by atoms with van der Waals surface area (Å²) in [5.41, 5.74) is 5.05. The summed E-state index contributed by atoms with van der Waals surface area (Å²) < 4.78 is 30.9. The number of amides is 3. The Kier molecular flexibility index (Phi) is 19.8. The van der Waals surface area contributed by atoms with Crippen molar-refractivity contribution in [2.75, 3.05) is 102 Å². The van der Waals surface area contributed by atoms with Crippen molar-refractivity contribution in [2.45, 2.75) is 114 Å². The minimum Gasteiger partial charge on any atom is -0.491 e. The molecule has 1 aliphatic carbocycles. The summed E-state index contributed by atoms with van der Waals surface area (Å²) in [4.78, 5) is 65.6. The molecule has 1 saturated carbocycles. The fraction of sp³-hybridized carbons (Fsp3) is 0.500. The second-order valence-electron chi connectivity index (χ2n) is 23.0. The lowest BCUT2D eigenvalue weighted by atomic mass is 9.83. The van der Waals surface area contributed by atoms with Crippen LogP contribution in [0.2, 0.25) is 0 Å². The van der Waals surface area contributed by atoms with Crippen LogP contribution in [-0.2, 0) is 41.6 Å². The number of nitrogens with zero attached hydrogens (tertiary/aromatic N) is 9. The van der Waals surface area contributed by atoms with Gasteiger partial charge in [0.25, 0.3) is 0 Å². The third kappa shape index (κ3) is 13.9. The van der Waals surface area contributed by atoms with Crippen molar-refractivity contribution in [3.05, 3.63) is 113 Å². The second-order valence-corrected chi connectivity index (χ2v) is 23.9. The number of aromatic nitrogens is 3. The van der Waals surface area contributed by atoms with Crippen LogP contribution in [0, 0.1) is 17.2 Å². The lowest BCUT2D eigenvalue weighted by Crippen LogP contribution is -2.55. The number of ether oxygens (including phenoxy) is 5. The lowest BCUT2D eigenvalue weighted by Gasteiger charge is -2.42. The molecule has 4 fully saturated rings. The van der Waals surface area contributed by atoms with Gasteiger partial charge in [0.05, 0.1) is 81.6 Å². The summed E-state index contributed by atoms with van der Waals surface area (Å²) in [6, 6.07) is 29.0. The van der Waals surface area contributed by atoms with E-state index in [-0.39, 0.29) is 54.3 Å². The van der Waals surface area contributed by atoms with Crippen LogP contribution in [0.15, 0.2) is 96.9 Å². The maximum absolute atomic E-state index is 14.2. The number of rotatable bonds is 24. The van der Waals surface area contributed by atoms with Gasteiger partial charge in [-0.25, -0.2) is 4.98 Å². The van der Waals surface area contributed by atoms with Crippen molar-refractivity contribution in [1.29, 1.82) is 5.26 Å². The third-order valence-corrected chi connectivity index (χ3v) is 18.7. The normalized spacial score (nSPS) is 20.6. The predicted molar refractivity (Wildman–Crippen MR) is 330 cm³/mol. The molecule has 448 valence electrons. The SMILES string of the molecule is C=CC(=O)N1CCN(c2nc(OC[C@@H]3C[C@@H](OCCOCCOCCOc4ccc(-c5csc([C@@H]6CCCN6C(=O)[C@@H](NC(=O)CC)C6CCCCC6)n5)c5ccccc45)CN3C)nc3c2CCN(c2cccc4ccccc24)C3)C[C@@H]1CC#N. The molecule has 3 amide bonds. The summed E-state index contributed by atoms with van der Waals surface area (Å²) in [5.74, 6) is 1.56. The summed E-state index contributed by atoms with van der Waals surface area (Å²) in [6.45, 7) is 12.8. The molecular formula is C66H80N10O8S. The van der Waals surface area contributed by atoms with E-state index in [2.05, 4.69) is 106 Å². The Morgan fingerprint density at radius 2 is 1.56 bits per heavy atom. The predicted octanol–water partition coefficient (Wildman–Crippen LogP) is 9.30. The van der Waals surface area contributed by atoms with E-state index >= 15 is 0 Å². The first-order valence-electron chi connectivity index (χ1n) is 30.7. The van der Waals surface area contributed by atoms with E-state index in [9.17, 15) is 19.6 Å². The Morgan fingerprint density at radius 1 is 0.788 bits per heavy atom. The molecule has 2 aromatic heterocycles. The zero-order chi connectivity index (χ0) is 58.7. The number of benzene rings is 4. The minimum atomic E-state index is -0.481. The van der Waals surface area contributed by atoms with Crippen LogP contribution >= 0.6 is 11.3 Å². The zero-order valence-corrected chi connectivity index (χ0v) is 50.0. The number of piperazine rings is 1. The van der Waals surface area contributed by atoms with Crippen LogP contribution in [0.4, 0.5) is 11.5 Å². The highest BCUT2D eigenvalue weighted by Gasteiger charge is 2.40. The molecule has 3 saturated heterocycles. The van der Waals surface area contributed by atoms with E-state index in [0.29, 0.717) is 91.4 Å². The molecular weight excluding hydrogens is 1090 g/mol. The maximum atomic E-state index is 14.2. The smallest absolute Gasteiger partial charge is 0.318 e. The minimum absolute atomic E-state index is 0.0205. The summed E-state index contributed by atoms with van der Waals surface area (Å²) in [6.07, 6.45) is 10.5. The number of nitrogens with one attached hydrogen (secondary N) is 1. The van der Waals surface area contributed by atoms with Crippen molar-refractivity contribution in [2.24, 2.45) is 5.92 Å². The topological polar surface area (TPSA) is 188 Å². The van der Waals surface area contributed by atoms with Crippen molar-refractivity contribution in [3.63, 3.8) is 0 Å². The summed E-state index contributed by atoms with van der Waals surface area (Å²) in [7, 11) is 2.09. The molecule has 85 heavy (non-hydrogen) atoms. The average Bonchev–Trinajstić information content (AvgIpc) is 2.86. The van der Waals surface area contributed by atoms with Crippen LogP contribution in [-0.4, -0.2) is 164 Å². The molecule has 0 unspecified atom stereocenters. The van der Waals surface area contributed by atoms with Gasteiger partial charge in [-0.15, -0.1) is 11.3 Å². The molecule has 19 heteroatoms. The Hall–Kier alpha value is -7.21. The number of anilines is 2. The van der Waals surface area contributed by atoms with E-state index in [1.807, 2.05) is 30.0 Å². The van der Waals surface area contributed by atoms with Gasteiger partial charge in [-0.05, 0) is 86.5 Å². The fourth-order valence-corrected chi connectivity index (χ4v) is 14.2. The van der Waals surface area contributed by atoms with Gasteiger partial charge >= 0.3 is 6.01 Å². The van der Waals surface area contributed by atoms with Gasteiger partial charge in [-0.1, -0.05) is 93.4 Å². The van der Waals surface area contributed by atoms with Gasteiger partial charge < -0.3 is 48.6 Å². The van der Waals surface area contributed by atoms with Crippen molar-refractivity contribution >= 4 is 62.1 Å². The molecule has 5 aliphatic rings. The van der Waals surface area contributed by atoms with Crippen LogP contribution in [0.5, 0.6) is 11.8 Å². The number of carbonyl (C=O) groups is 3. The number of likely N-dealkylation sites (N-methyl/N-ethyl adjacent to an activating group) is 1. The van der Waals surface area contributed by atoms with E-state index in [0.717, 1.165) is 120 Å². The van der Waals surface area contributed by atoms with Gasteiger partial charge in [0, 0.05) is 84.7 Å². The standard InChI is InChI=1S/C66H80N10O8S/c1-4-60(77)70-62(46-16-7-6-8-17-46)65(79)76-29-14-23-58(76)64-68-56(44-85-64)52-24-25-59(53-21-12-11-20-51(52)53)83-38-36-81-34-33-80-35-37-82-49-39-48(72(3)41-49)43-84-66-69-55-42-73(57-22-13-18-45-15-9-10-19-50(45)57)30-27-54(55)63(71-66)74-31-32-75(61(78)5-2)47(40-74)26-28-67/h5,9-13,15,18-22,24-25,44,46-49,58,62H,2,4,6-8,14,16-17,23,26-27,29-43H2,1,3H3,(H,70,77)/t47-,48-,49+,58-,62-/m0/s1. The monoisotopic (exact) mass is 1170 g/mol. The fourth-order valence-electron chi connectivity index (χ4n) is 13.2. The summed E-state index contributed by atoms with van der Waals surface area (Å²) >= 11 is 1.60. The van der Waals surface area contributed by atoms with Crippen LogP contribution in [0.1, 0.15) is 93.4 Å². The van der Waals surface area contributed by atoms with Crippen LogP contribution in [0.25, 0.3) is 32.8 Å². The first-order chi connectivity index (χ1) is 41.7. The Bertz CT molecular complexity index is 3340. The van der Waals surface area contributed by atoms with Gasteiger partial charge in [-0.3, -0.25) is 19.3 Å². The molecule has 6 heterocycles. The van der Waals surface area contributed by atoms with Crippen molar-refractivity contribution in [3.8, 4) is 29.1 Å². The quantitative estimate of drug-likeness (QED) is 0.0446. The Morgan fingerprint density at radius 3 is 2.38 bits per heavy atom. The average molecular weight is 1170 g/mol. The van der Waals surface area contributed by atoms with E-state index in [1.54, 1.807) is 16.2 Å². The van der Waals surface area contributed by atoms with Crippen molar-refractivity contribution < 1.29 is 38.1 Å². The number of hydrogen-bond acceptors (Lipinski definition) is 16. The number of likely N-dealkylation sites (tertiary alicyclic amines) is 2. The first-order valence-corrected chi connectivity index (χ1v) is 31.5. The Labute approximate surface area is 503 Å². The van der Waals surface area contributed by atoms with E-state index in [4.69, 9.17) is 38.6 Å². The number of hydrogen-bond donors (Lipinski definition) is 1. The van der Waals surface area contributed by atoms with E-state index in [1.165, 1.54) is 23.3 Å². The van der Waals surface area contributed by atoms with Gasteiger partial charge in [-0.2, -0.15) is 15.2 Å². The number of fused-ring (bicyclic) bond motifs is 3. The van der Waals surface area contributed by atoms with Crippen LogP contribution < -0.4 is 24.6 Å². The summed E-state index contributed by atoms with van der Waals surface area (Å²) in [5, 5.41) is 20.3. The number of thiazole rings is 1. The number of nitriles is 1. The van der Waals surface area contributed by atoms with E-state index < -0.39 is 6.04 Å². The van der Waals surface area contributed by atoms with Gasteiger partial charge in [0.1, 0.15) is 35.8 Å². The largest absolute Gasteiger partial charge is 0.491 e. The third-order valence-electron chi connectivity index (χ3n) is 17.7. The zero-order valence-electron chi connectivity index (χ0n) is 49.2. The highest BCUT2D eigenvalue weighted by molar-refractivity contribution is 7.10. The van der Waals surface area contributed by atoms with Gasteiger partial charge in [0.2, 0.25) is 17.7 Å². The molecule has 11 rings (SSSR count). The lowest BCUT2D eigenvalue weighted by molar-refractivity contribution is -0.139. The second kappa shape index (κ2) is 28.3. The van der Waals surface area contributed by atoms with Gasteiger partial charge in [0.15, 0.2) is 0 Å². The highest BCUT2D eigenvalue weighted by Crippen LogP contribution is 2.41. The molecule has 0 spiro atoms. The molecule has 5 atom stereocenters. The maximum Gasteiger partial charge on any atom is 0.318 e. The number of carbonyl (C=O) groups excluding carboxylic acids is 3. The van der Waals surface area contributed by atoms with Crippen molar-refractivity contribution in [1.82, 2.24) is 35.0 Å². The molecule has 4 aromatic carbocycles. The molecule has 4 aliphatic heterocycles. The molecule has 0 radical (unpaired) electrons.